The van der Waals surface area contributed by atoms with E-state index in [0.29, 0.717) is 48.7 Å². The molecule has 4 saturated carbocycles. The molecule has 7 nitrogen and oxygen atoms in total. The van der Waals surface area contributed by atoms with Crippen molar-refractivity contribution in [3.8, 4) is 0 Å². The van der Waals surface area contributed by atoms with Crippen LogP contribution in [0.15, 0.2) is 24.7 Å². The van der Waals surface area contributed by atoms with Crippen molar-refractivity contribution in [1.29, 1.82) is 0 Å². The molecule has 0 radical (unpaired) electrons. The highest BCUT2D eigenvalue weighted by atomic mass is 19.4. The molecule has 1 saturated heterocycles. The third-order valence-corrected chi connectivity index (χ3v) is 8.79. The minimum absolute atomic E-state index is 0.0377. The number of alkyl halides is 3. The maximum atomic E-state index is 13.9. The molecule has 0 spiro atoms. The molecule has 1 unspecified atom stereocenters. The standard InChI is InChI=1S/C27H31F3N6O/c1-14-9-31-26-22(33-14)8-24(34-25(26)20-7-21(27(28,29)30)17-5-16(20)6-17)35-11-15(2)37-23(13-35)18-10-32-36(12-18)19-3-4-19/h8-10,12,15-17,19-21,23H,3-7,11,13H2,1-2H3/t15-,16?,17?,20?,21+,23+/m1/s1. The summed E-state index contributed by atoms with van der Waals surface area (Å²) in [4.78, 5) is 16.6. The summed E-state index contributed by atoms with van der Waals surface area (Å²) in [7, 11) is 0. The molecule has 3 aromatic heterocycles. The van der Waals surface area contributed by atoms with Gasteiger partial charge in [-0.05, 0) is 57.8 Å². The number of morpholine rings is 1. The third kappa shape index (κ3) is 4.17. The van der Waals surface area contributed by atoms with Crippen molar-refractivity contribution < 1.29 is 17.9 Å². The molecule has 196 valence electrons. The second-order valence-corrected chi connectivity index (χ2v) is 11.6. The van der Waals surface area contributed by atoms with Crippen molar-refractivity contribution in [2.75, 3.05) is 18.0 Å². The van der Waals surface area contributed by atoms with Gasteiger partial charge in [-0.3, -0.25) is 9.67 Å². The van der Waals surface area contributed by atoms with E-state index in [9.17, 15) is 13.2 Å². The largest absolute Gasteiger partial charge is 0.392 e. The molecule has 4 atom stereocenters. The van der Waals surface area contributed by atoms with Gasteiger partial charge in [0.1, 0.15) is 17.4 Å². The van der Waals surface area contributed by atoms with Crippen molar-refractivity contribution in [3.63, 3.8) is 0 Å². The average Bonchev–Trinajstić information content (AvgIpc) is 3.57. The van der Waals surface area contributed by atoms with Gasteiger partial charge in [0, 0.05) is 36.5 Å². The predicted molar refractivity (Wildman–Crippen MR) is 131 cm³/mol. The average molecular weight is 513 g/mol. The highest BCUT2D eigenvalue weighted by Crippen LogP contribution is 2.60. The van der Waals surface area contributed by atoms with E-state index in [-0.39, 0.29) is 36.4 Å². The molecule has 0 amide bonds. The minimum atomic E-state index is -4.18. The molecule has 4 heterocycles. The van der Waals surface area contributed by atoms with Crippen LogP contribution in [0.2, 0.25) is 0 Å². The first-order chi connectivity index (χ1) is 17.7. The Bertz CT molecular complexity index is 1330. The van der Waals surface area contributed by atoms with E-state index in [1.165, 1.54) is 0 Å². The Balaban J connectivity index is 1.25. The van der Waals surface area contributed by atoms with Crippen molar-refractivity contribution in [2.45, 2.75) is 76.3 Å². The van der Waals surface area contributed by atoms with Gasteiger partial charge < -0.3 is 9.64 Å². The second-order valence-electron chi connectivity index (χ2n) is 11.6. The van der Waals surface area contributed by atoms with Crippen molar-refractivity contribution in [1.82, 2.24) is 24.7 Å². The van der Waals surface area contributed by atoms with Gasteiger partial charge in [-0.2, -0.15) is 18.3 Å². The normalized spacial score (nSPS) is 32.0. The van der Waals surface area contributed by atoms with Gasteiger partial charge >= 0.3 is 6.18 Å². The maximum Gasteiger partial charge on any atom is 0.392 e. The minimum Gasteiger partial charge on any atom is -0.367 e. The molecule has 1 aliphatic heterocycles. The van der Waals surface area contributed by atoms with Crippen LogP contribution >= 0.6 is 0 Å². The number of aryl methyl sites for hydroxylation is 1. The van der Waals surface area contributed by atoms with Crippen LogP contribution in [0.3, 0.4) is 0 Å². The highest BCUT2D eigenvalue weighted by molar-refractivity contribution is 5.80. The Morgan fingerprint density at radius 1 is 1.03 bits per heavy atom. The lowest BCUT2D eigenvalue weighted by atomic mass is 9.54. The molecule has 5 aliphatic rings. The number of fused-ring (bicyclic) bond motifs is 3. The summed E-state index contributed by atoms with van der Waals surface area (Å²) in [6, 6.07) is 2.44. The fraction of sp³-hybridized carbons (Fsp3) is 0.630. The molecule has 3 aromatic rings. The van der Waals surface area contributed by atoms with Gasteiger partial charge in [-0.25, -0.2) is 9.97 Å². The summed E-state index contributed by atoms with van der Waals surface area (Å²) in [5, 5.41) is 4.53. The quantitative estimate of drug-likeness (QED) is 0.458. The van der Waals surface area contributed by atoms with E-state index < -0.39 is 12.1 Å². The van der Waals surface area contributed by atoms with E-state index in [2.05, 4.69) is 21.2 Å². The fourth-order valence-corrected chi connectivity index (χ4v) is 6.69. The number of ether oxygens (including phenoxy) is 1. The van der Waals surface area contributed by atoms with E-state index >= 15 is 0 Å². The van der Waals surface area contributed by atoms with Gasteiger partial charge in [-0.15, -0.1) is 0 Å². The topological polar surface area (TPSA) is 69.0 Å². The first-order valence-corrected chi connectivity index (χ1v) is 13.4. The van der Waals surface area contributed by atoms with E-state index in [1.807, 2.05) is 30.8 Å². The Kier molecular flexibility index (Phi) is 5.29. The number of aromatic nitrogens is 5. The first-order valence-electron chi connectivity index (χ1n) is 13.4. The van der Waals surface area contributed by atoms with Crippen LogP contribution in [0.4, 0.5) is 19.0 Å². The smallest absolute Gasteiger partial charge is 0.367 e. The van der Waals surface area contributed by atoms with Gasteiger partial charge in [0.25, 0.3) is 0 Å². The molecule has 5 fully saturated rings. The van der Waals surface area contributed by atoms with Crippen LogP contribution < -0.4 is 4.90 Å². The van der Waals surface area contributed by atoms with Crippen molar-refractivity contribution >= 4 is 16.9 Å². The fourth-order valence-electron chi connectivity index (χ4n) is 6.69. The number of pyridine rings is 1. The summed E-state index contributed by atoms with van der Waals surface area (Å²) in [5.74, 6) is -0.815. The lowest BCUT2D eigenvalue weighted by molar-refractivity contribution is -0.219. The number of rotatable bonds is 4. The summed E-state index contributed by atoms with van der Waals surface area (Å²) in [6.07, 6.45) is 4.93. The Hall–Kier alpha value is -2.75. The molecular formula is C27H31F3N6O. The Labute approximate surface area is 213 Å². The summed E-state index contributed by atoms with van der Waals surface area (Å²) >= 11 is 0. The van der Waals surface area contributed by atoms with Crippen LogP contribution in [0, 0.1) is 24.7 Å². The SMILES string of the molecule is Cc1cnc2c(C3C[C@H](C(F)(F)F)C4CC3C4)nc(N3C[C@@H](C)O[C@H](c4cnn(C5CC5)c4)C3)cc2n1. The number of halogens is 3. The molecule has 10 heteroatoms. The second kappa shape index (κ2) is 8.38. The van der Waals surface area contributed by atoms with E-state index in [1.54, 1.807) is 6.20 Å². The Morgan fingerprint density at radius 2 is 1.84 bits per heavy atom. The van der Waals surface area contributed by atoms with Crippen molar-refractivity contribution in [3.05, 3.63) is 41.6 Å². The van der Waals surface area contributed by atoms with Crippen LogP contribution in [0.5, 0.6) is 0 Å². The molecule has 0 aromatic carbocycles. The Morgan fingerprint density at radius 3 is 2.59 bits per heavy atom. The summed E-state index contributed by atoms with van der Waals surface area (Å²) in [6.45, 7) is 5.17. The number of hydrogen-bond acceptors (Lipinski definition) is 6. The van der Waals surface area contributed by atoms with Gasteiger partial charge in [-0.1, -0.05) is 0 Å². The zero-order chi connectivity index (χ0) is 25.5. The monoisotopic (exact) mass is 512 g/mol. The molecule has 2 bridgehead atoms. The zero-order valence-electron chi connectivity index (χ0n) is 21.0. The predicted octanol–water partition coefficient (Wildman–Crippen LogP) is 5.52. The molecule has 4 aliphatic carbocycles. The van der Waals surface area contributed by atoms with Crippen LogP contribution in [0.25, 0.3) is 11.0 Å². The van der Waals surface area contributed by atoms with Gasteiger partial charge in [0.2, 0.25) is 0 Å². The molecule has 8 rings (SSSR count). The van der Waals surface area contributed by atoms with Gasteiger partial charge in [0.05, 0.1) is 47.7 Å². The summed E-state index contributed by atoms with van der Waals surface area (Å²) in [5.41, 5.74) is 3.82. The van der Waals surface area contributed by atoms with Gasteiger partial charge in [0.15, 0.2) is 0 Å². The van der Waals surface area contributed by atoms with E-state index in [0.717, 1.165) is 29.9 Å². The van der Waals surface area contributed by atoms with Crippen LogP contribution in [-0.4, -0.2) is 50.1 Å². The first kappa shape index (κ1) is 23.4. The lowest BCUT2D eigenvalue weighted by Crippen LogP contribution is -2.47. The number of nitrogens with zero attached hydrogens (tertiary/aromatic N) is 6. The molecular weight excluding hydrogens is 481 g/mol. The highest BCUT2D eigenvalue weighted by Gasteiger charge is 2.56. The summed E-state index contributed by atoms with van der Waals surface area (Å²) < 4.78 is 49.9. The van der Waals surface area contributed by atoms with Crippen molar-refractivity contribution in [2.24, 2.45) is 17.8 Å². The number of hydrogen-bond donors (Lipinski definition) is 0. The lowest BCUT2D eigenvalue weighted by Gasteiger charge is -2.51. The number of anilines is 1. The third-order valence-electron chi connectivity index (χ3n) is 8.79. The molecule has 0 N–H and O–H groups in total. The maximum absolute atomic E-state index is 13.9. The van der Waals surface area contributed by atoms with Crippen LogP contribution in [0.1, 0.15) is 74.0 Å². The van der Waals surface area contributed by atoms with E-state index in [4.69, 9.17) is 14.7 Å². The van der Waals surface area contributed by atoms with Crippen LogP contribution in [-0.2, 0) is 4.74 Å². The molecule has 37 heavy (non-hydrogen) atoms. The zero-order valence-corrected chi connectivity index (χ0v) is 21.0.